The third-order valence-corrected chi connectivity index (χ3v) is 3.69. The van der Waals surface area contributed by atoms with Crippen molar-refractivity contribution in [3.8, 4) is 6.07 Å². The summed E-state index contributed by atoms with van der Waals surface area (Å²) in [4.78, 5) is 15.8. The van der Waals surface area contributed by atoms with Crippen LogP contribution in [0, 0.1) is 11.3 Å². The highest BCUT2D eigenvalue weighted by atomic mass is 35.5. The summed E-state index contributed by atoms with van der Waals surface area (Å²) in [5.74, 6) is 0. The van der Waals surface area contributed by atoms with Gasteiger partial charge >= 0.3 is 6.03 Å². The molecule has 1 saturated heterocycles. The molecule has 7 heteroatoms. The molecule has 1 heterocycles. The van der Waals surface area contributed by atoms with Crippen molar-refractivity contribution in [1.29, 1.82) is 5.26 Å². The van der Waals surface area contributed by atoms with Gasteiger partial charge in [0.1, 0.15) is 0 Å². The molecule has 0 bridgehead atoms. The van der Waals surface area contributed by atoms with Gasteiger partial charge in [0.2, 0.25) is 0 Å². The first-order valence-electron chi connectivity index (χ1n) is 6.20. The Kier molecular flexibility index (Phi) is 5.07. The molecule has 1 fully saturated rings. The van der Waals surface area contributed by atoms with Gasteiger partial charge in [-0.3, -0.25) is 4.90 Å². The Morgan fingerprint density at radius 3 is 2.65 bits per heavy atom. The molecule has 106 valence electrons. The lowest BCUT2D eigenvalue weighted by atomic mass is 10.3. The summed E-state index contributed by atoms with van der Waals surface area (Å²) < 4.78 is 0. The van der Waals surface area contributed by atoms with Crippen LogP contribution in [0.2, 0.25) is 10.0 Å². The largest absolute Gasteiger partial charge is 0.322 e. The van der Waals surface area contributed by atoms with Gasteiger partial charge in [0.25, 0.3) is 0 Å². The average molecular weight is 313 g/mol. The number of urea groups is 1. The van der Waals surface area contributed by atoms with E-state index in [0.717, 1.165) is 0 Å². The first-order valence-corrected chi connectivity index (χ1v) is 6.96. The second-order valence-electron chi connectivity index (χ2n) is 4.48. The van der Waals surface area contributed by atoms with E-state index in [9.17, 15) is 4.79 Å². The van der Waals surface area contributed by atoms with E-state index in [4.69, 9.17) is 28.5 Å². The smallest absolute Gasteiger partial charge is 0.321 e. The van der Waals surface area contributed by atoms with E-state index in [0.29, 0.717) is 48.5 Å². The number of piperazine rings is 1. The highest BCUT2D eigenvalue weighted by Crippen LogP contribution is 2.25. The Balaban J connectivity index is 1.93. The molecule has 1 aromatic carbocycles. The number of carbonyl (C=O) groups is 1. The van der Waals surface area contributed by atoms with Gasteiger partial charge in [-0.2, -0.15) is 5.26 Å². The van der Waals surface area contributed by atoms with E-state index in [2.05, 4.69) is 11.4 Å². The fraction of sp³-hybridized carbons (Fsp3) is 0.385. The molecule has 20 heavy (non-hydrogen) atoms. The first kappa shape index (κ1) is 14.9. The second kappa shape index (κ2) is 6.80. The van der Waals surface area contributed by atoms with Gasteiger partial charge in [-0.15, -0.1) is 0 Å². The second-order valence-corrected chi connectivity index (χ2v) is 5.32. The van der Waals surface area contributed by atoms with Crippen LogP contribution in [0.1, 0.15) is 0 Å². The van der Waals surface area contributed by atoms with Crippen molar-refractivity contribution < 1.29 is 4.79 Å². The minimum atomic E-state index is -0.203. The zero-order chi connectivity index (χ0) is 14.5. The molecule has 1 N–H and O–H groups in total. The topological polar surface area (TPSA) is 59.4 Å². The molecule has 0 saturated carbocycles. The van der Waals surface area contributed by atoms with Gasteiger partial charge in [-0.25, -0.2) is 4.79 Å². The summed E-state index contributed by atoms with van der Waals surface area (Å²) in [6.07, 6.45) is 0. The van der Waals surface area contributed by atoms with Gasteiger partial charge in [0.15, 0.2) is 0 Å². The molecule has 0 atom stereocenters. The lowest BCUT2D eigenvalue weighted by Gasteiger charge is -2.33. The molecule has 0 spiro atoms. The minimum absolute atomic E-state index is 0.203. The molecule has 0 unspecified atom stereocenters. The number of benzene rings is 1. The third-order valence-electron chi connectivity index (χ3n) is 3.12. The van der Waals surface area contributed by atoms with E-state index in [1.165, 1.54) is 0 Å². The number of halogens is 2. The molecule has 0 radical (unpaired) electrons. The molecular formula is C13H14Cl2N4O. The molecule has 5 nitrogen and oxygen atoms in total. The Bertz CT molecular complexity index is 536. The molecule has 2 amide bonds. The van der Waals surface area contributed by atoms with Crippen LogP contribution in [-0.4, -0.2) is 48.6 Å². The van der Waals surface area contributed by atoms with Crippen LogP contribution in [0.5, 0.6) is 0 Å². The predicted molar refractivity (Wildman–Crippen MR) is 79.1 cm³/mol. The standard InChI is InChI=1S/C13H14Cl2N4O/c14-10-1-2-11(15)12(9-10)17-13(20)19-7-5-18(4-3-16)6-8-19/h1-2,9H,4-8H2,(H,17,20). The van der Waals surface area contributed by atoms with Crippen LogP contribution in [0.3, 0.4) is 0 Å². The predicted octanol–water partition coefficient (Wildman–Crippen LogP) is 2.67. The van der Waals surface area contributed by atoms with Crippen LogP contribution in [0.4, 0.5) is 10.5 Å². The highest BCUT2D eigenvalue weighted by Gasteiger charge is 2.21. The van der Waals surface area contributed by atoms with E-state index in [1.54, 1.807) is 23.1 Å². The summed E-state index contributed by atoms with van der Waals surface area (Å²) >= 11 is 11.9. The van der Waals surface area contributed by atoms with Crippen LogP contribution in [0.25, 0.3) is 0 Å². The number of hydrogen-bond donors (Lipinski definition) is 1. The summed E-state index contributed by atoms with van der Waals surface area (Å²) in [6, 6.07) is 6.84. The lowest BCUT2D eigenvalue weighted by Crippen LogP contribution is -2.50. The monoisotopic (exact) mass is 312 g/mol. The van der Waals surface area contributed by atoms with Gasteiger partial charge in [0, 0.05) is 31.2 Å². The Morgan fingerprint density at radius 1 is 1.30 bits per heavy atom. The number of carbonyl (C=O) groups excluding carboxylic acids is 1. The number of nitrogens with one attached hydrogen (secondary N) is 1. The van der Waals surface area contributed by atoms with Crippen molar-refractivity contribution in [2.75, 3.05) is 38.0 Å². The van der Waals surface area contributed by atoms with Crippen molar-refractivity contribution in [2.24, 2.45) is 0 Å². The third kappa shape index (κ3) is 3.76. The van der Waals surface area contributed by atoms with Crippen LogP contribution >= 0.6 is 23.2 Å². The molecule has 1 aromatic rings. The van der Waals surface area contributed by atoms with Crippen LogP contribution in [-0.2, 0) is 0 Å². The van der Waals surface area contributed by atoms with Gasteiger partial charge in [-0.1, -0.05) is 23.2 Å². The van der Waals surface area contributed by atoms with Gasteiger partial charge in [0.05, 0.1) is 23.3 Å². The SMILES string of the molecule is N#CCN1CCN(C(=O)Nc2cc(Cl)ccc2Cl)CC1. The van der Waals surface area contributed by atoms with Crippen molar-refractivity contribution in [3.63, 3.8) is 0 Å². The number of nitriles is 1. The average Bonchev–Trinajstić information content (AvgIpc) is 2.44. The summed E-state index contributed by atoms with van der Waals surface area (Å²) in [7, 11) is 0. The minimum Gasteiger partial charge on any atom is -0.322 e. The maximum atomic E-state index is 12.1. The zero-order valence-electron chi connectivity index (χ0n) is 10.8. The number of amides is 2. The Hall–Kier alpha value is -1.48. The molecular weight excluding hydrogens is 299 g/mol. The number of hydrogen-bond acceptors (Lipinski definition) is 3. The summed E-state index contributed by atoms with van der Waals surface area (Å²) in [5, 5.41) is 12.4. The van der Waals surface area contributed by atoms with Gasteiger partial charge in [-0.05, 0) is 18.2 Å². The van der Waals surface area contributed by atoms with Crippen LogP contribution < -0.4 is 5.32 Å². The quantitative estimate of drug-likeness (QED) is 0.854. The van der Waals surface area contributed by atoms with Crippen molar-refractivity contribution >= 4 is 34.9 Å². The lowest BCUT2D eigenvalue weighted by molar-refractivity contribution is 0.156. The molecule has 0 aromatic heterocycles. The van der Waals surface area contributed by atoms with E-state index >= 15 is 0 Å². The van der Waals surface area contributed by atoms with E-state index in [1.807, 2.05) is 4.90 Å². The van der Waals surface area contributed by atoms with Crippen molar-refractivity contribution in [3.05, 3.63) is 28.2 Å². The number of rotatable bonds is 2. The zero-order valence-corrected chi connectivity index (χ0v) is 12.3. The normalized spacial score (nSPS) is 15.8. The molecule has 1 aliphatic heterocycles. The summed E-state index contributed by atoms with van der Waals surface area (Å²) in [5.41, 5.74) is 0.503. The summed E-state index contributed by atoms with van der Waals surface area (Å²) in [6.45, 7) is 2.97. The fourth-order valence-corrected chi connectivity index (χ4v) is 2.33. The first-order chi connectivity index (χ1) is 9.60. The Morgan fingerprint density at radius 2 is 2.00 bits per heavy atom. The Labute approximate surface area is 127 Å². The molecule has 0 aliphatic carbocycles. The number of anilines is 1. The highest BCUT2D eigenvalue weighted by molar-refractivity contribution is 6.35. The van der Waals surface area contributed by atoms with Gasteiger partial charge < -0.3 is 10.2 Å². The van der Waals surface area contributed by atoms with Crippen molar-refractivity contribution in [1.82, 2.24) is 9.80 Å². The fourth-order valence-electron chi connectivity index (χ4n) is 2.00. The maximum Gasteiger partial charge on any atom is 0.321 e. The maximum absolute atomic E-state index is 12.1. The van der Waals surface area contributed by atoms with E-state index < -0.39 is 0 Å². The number of nitrogens with zero attached hydrogens (tertiary/aromatic N) is 3. The van der Waals surface area contributed by atoms with Crippen LogP contribution in [0.15, 0.2) is 18.2 Å². The molecule has 2 rings (SSSR count). The van der Waals surface area contributed by atoms with Crippen molar-refractivity contribution in [2.45, 2.75) is 0 Å². The molecule has 1 aliphatic rings. The van der Waals surface area contributed by atoms with E-state index in [-0.39, 0.29) is 6.03 Å².